The SMILES string of the molecule is CC(C)(C)C1CCC(=NN)C(NNS(=O)(=O)c2ccccc2)C1. The van der Waals surface area contributed by atoms with E-state index in [9.17, 15) is 8.42 Å². The Morgan fingerprint density at radius 3 is 2.43 bits per heavy atom. The van der Waals surface area contributed by atoms with Gasteiger partial charge < -0.3 is 5.84 Å². The molecule has 0 aromatic heterocycles. The minimum Gasteiger partial charge on any atom is -0.323 e. The maximum absolute atomic E-state index is 12.3. The largest absolute Gasteiger partial charge is 0.323 e. The van der Waals surface area contributed by atoms with Crippen molar-refractivity contribution >= 4 is 15.7 Å². The fraction of sp³-hybridized carbons (Fsp3) is 0.562. The Bertz CT molecular complexity index is 650. The summed E-state index contributed by atoms with van der Waals surface area (Å²) < 4.78 is 24.6. The number of nitrogens with zero attached hydrogens (tertiary/aromatic N) is 1. The number of hydrogen-bond donors (Lipinski definition) is 3. The number of nitrogens with two attached hydrogens (primary N) is 1. The molecule has 0 radical (unpaired) electrons. The lowest BCUT2D eigenvalue weighted by atomic mass is 9.70. The molecule has 0 aliphatic heterocycles. The van der Waals surface area contributed by atoms with Crippen LogP contribution in [0.4, 0.5) is 0 Å². The van der Waals surface area contributed by atoms with Gasteiger partial charge in [-0.15, -0.1) is 4.83 Å². The van der Waals surface area contributed by atoms with Gasteiger partial charge in [0.15, 0.2) is 0 Å². The summed E-state index contributed by atoms with van der Waals surface area (Å²) in [6.07, 6.45) is 2.60. The van der Waals surface area contributed by atoms with E-state index in [1.807, 2.05) is 0 Å². The predicted molar refractivity (Wildman–Crippen MR) is 92.1 cm³/mol. The first kappa shape index (κ1) is 17.9. The van der Waals surface area contributed by atoms with Crippen molar-refractivity contribution in [3.8, 4) is 0 Å². The molecule has 0 amide bonds. The maximum atomic E-state index is 12.3. The first-order valence-corrected chi connectivity index (χ1v) is 9.31. The van der Waals surface area contributed by atoms with Gasteiger partial charge in [0, 0.05) is 0 Å². The second-order valence-corrected chi connectivity index (χ2v) is 8.76. The molecule has 23 heavy (non-hydrogen) atoms. The molecule has 6 nitrogen and oxygen atoms in total. The third-order valence-corrected chi connectivity index (χ3v) is 5.76. The standard InChI is InChI=1S/C16H26N4O2S/c1-16(2,3)12-9-10-14(18-17)15(11-12)19-20-23(21,22)13-7-5-4-6-8-13/h4-8,12,15,19-20H,9-11,17H2,1-3H3. The zero-order valence-electron chi connectivity index (χ0n) is 13.9. The molecule has 2 atom stereocenters. The summed E-state index contributed by atoms with van der Waals surface area (Å²) in [7, 11) is -3.60. The molecule has 0 bridgehead atoms. The third kappa shape index (κ3) is 4.53. The van der Waals surface area contributed by atoms with Crippen LogP contribution in [0.3, 0.4) is 0 Å². The Kier molecular flexibility index (Phi) is 5.44. The molecule has 4 N–H and O–H groups in total. The van der Waals surface area contributed by atoms with E-state index in [1.54, 1.807) is 30.3 Å². The van der Waals surface area contributed by atoms with Crippen molar-refractivity contribution in [2.45, 2.75) is 51.0 Å². The predicted octanol–water partition coefficient (Wildman–Crippen LogP) is 2.00. The molecule has 0 spiro atoms. The van der Waals surface area contributed by atoms with E-state index in [4.69, 9.17) is 5.84 Å². The molecule has 1 aromatic carbocycles. The van der Waals surface area contributed by atoms with Gasteiger partial charge in [0.05, 0.1) is 16.6 Å². The van der Waals surface area contributed by atoms with E-state index < -0.39 is 10.0 Å². The lowest BCUT2D eigenvalue weighted by Crippen LogP contribution is -2.51. The van der Waals surface area contributed by atoms with Crippen molar-refractivity contribution in [3.63, 3.8) is 0 Å². The van der Waals surface area contributed by atoms with Crippen molar-refractivity contribution in [1.82, 2.24) is 10.3 Å². The van der Waals surface area contributed by atoms with Crippen LogP contribution in [0.2, 0.25) is 0 Å². The number of hydrogen-bond acceptors (Lipinski definition) is 5. The summed E-state index contributed by atoms with van der Waals surface area (Å²) in [5.74, 6) is 5.95. The highest BCUT2D eigenvalue weighted by Gasteiger charge is 2.34. The fourth-order valence-electron chi connectivity index (χ4n) is 2.93. The lowest BCUT2D eigenvalue weighted by Gasteiger charge is -2.38. The average Bonchev–Trinajstić information content (AvgIpc) is 2.52. The summed E-state index contributed by atoms with van der Waals surface area (Å²) in [5, 5.41) is 3.84. The number of nitrogens with one attached hydrogen (secondary N) is 2. The third-order valence-electron chi connectivity index (χ3n) is 4.48. The van der Waals surface area contributed by atoms with Crippen LogP contribution in [-0.4, -0.2) is 20.2 Å². The minimum atomic E-state index is -3.60. The monoisotopic (exact) mass is 338 g/mol. The van der Waals surface area contributed by atoms with Gasteiger partial charge in [-0.05, 0) is 42.7 Å². The molecular weight excluding hydrogens is 312 g/mol. The Labute approximate surface area is 138 Å². The van der Waals surface area contributed by atoms with Gasteiger partial charge in [-0.3, -0.25) is 0 Å². The van der Waals surface area contributed by atoms with Crippen molar-refractivity contribution in [2.24, 2.45) is 22.3 Å². The summed E-state index contributed by atoms with van der Waals surface area (Å²) >= 11 is 0. The van der Waals surface area contributed by atoms with Crippen LogP contribution < -0.4 is 16.1 Å². The smallest absolute Gasteiger partial charge is 0.253 e. The number of hydrazine groups is 1. The number of benzene rings is 1. The van der Waals surface area contributed by atoms with E-state index >= 15 is 0 Å². The van der Waals surface area contributed by atoms with Gasteiger partial charge >= 0.3 is 0 Å². The molecule has 2 rings (SSSR count). The van der Waals surface area contributed by atoms with Gasteiger partial charge in [0.25, 0.3) is 10.0 Å². The van der Waals surface area contributed by atoms with E-state index in [1.165, 1.54) is 0 Å². The number of hydrazone groups is 1. The normalized spacial score (nSPS) is 24.7. The van der Waals surface area contributed by atoms with Gasteiger partial charge in [0.2, 0.25) is 0 Å². The Balaban J connectivity index is 2.08. The molecule has 1 saturated carbocycles. The van der Waals surface area contributed by atoms with E-state index in [-0.39, 0.29) is 16.4 Å². The highest BCUT2D eigenvalue weighted by atomic mass is 32.2. The van der Waals surface area contributed by atoms with Gasteiger partial charge in [0.1, 0.15) is 0 Å². The van der Waals surface area contributed by atoms with Crippen LogP contribution in [-0.2, 0) is 10.0 Å². The summed E-state index contributed by atoms with van der Waals surface area (Å²) in [6, 6.07) is 8.09. The molecule has 1 aromatic rings. The second-order valence-electron chi connectivity index (χ2n) is 7.07. The van der Waals surface area contributed by atoms with Gasteiger partial charge in [-0.2, -0.15) is 5.10 Å². The first-order chi connectivity index (χ1) is 10.7. The summed E-state index contributed by atoms with van der Waals surface area (Å²) in [5.41, 5.74) is 3.89. The van der Waals surface area contributed by atoms with E-state index in [0.29, 0.717) is 5.92 Å². The van der Waals surface area contributed by atoms with Crippen molar-refractivity contribution < 1.29 is 8.42 Å². The Hall–Kier alpha value is -1.44. The van der Waals surface area contributed by atoms with Gasteiger partial charge in [-0.1, -0.05) is 39.0 Å². The quantitative estimate of drug-likeness (QED) is 0.578. The second kappa shape index (κ2) is 6.98. The molecule has 0 saturated heterocycles. The van der Waals surface area contributed by atoms with Crippen molar-refractivity contribution in [1.29, 1.82) is 0 Å². The molecule has 2 unspecified atom stereocenters. The molecule has 7 heteroatoms. The topological polar surface area (TPSA) is 96.6 Å². The highest BCUT2D eigenvalue weighted by molar-refractivity contribution is 7.89. The minimum absolute atomic E-state index is 0.165. The van der Waals surface area contributed by atoms with Gasteiger partial charge in [-0.25, -0.2) is 13.8 Å². The number of rotatable bonds is 4. The van der Waals surface area contributed by atoms with E-state index in [2.05, 4.69) is 36.1 Å². The molecule has 128 valence electrons. The van der Waals surface area contributed by atoms with Crippen LogP contribution in [0.25, 0.3) is 0 Å². The van der Waals surface area contributed by atoms with Crippen molar-refractivity contribution in [3.05, 3.63) is 30.3 Å². The summed E-state index contributed by atoms with van der Waals surface area (Å²) in [4.78, 5) is 2.69. The highest BCUT2D eigenvalue weighted by Crippen LogP contribution is 2.36. The number of sulfonamides is 1. The lowest BCUT2D eigenvalue weighted by molar-refractivity contribution is 0.192. The van der Waals surface area contributed by atoms with Crippen LogP contribution in [0.15, 0.2) is 40.3 Å². The molecule has 1 aliphatic carbocycles. The van der Waals surface area contributed by atoms with Crippen LogP contribution >= 0.6 is 0 Å². The maximum Gasteiger partial charge on any atom is 0.253 e. The Morgan fingerprint density at radius 2 is 1.87 bits per heavy atom. The summed E-state index contributed by atoms with van der Waals surface area (Å²) in [6.45, 7) is 6.61. The molecule has 1 aliphatic rings. The van der Waals surface area contributed by atoms with Crippen LogP contribution in [0.5, 0.6) is 0 Å². The van der Waals surface area contributed by atoms with Crippen LogP contribution in [0.1, 0.15) is 40.0 Å². The molecule has 1 fully saturated rings. The first-order valence-electron chi connectivity index (χ1n) is 7.83. The van der Waals surface area contributed by atoms with Crippen LogP contribution in [0, 0.1) is 11.3 Å². The Morgan fingerprint density at radius 1 is 1.22 bits per heavy atom. The fourth-order valence-corrected chi connectivity index (χ4v) is 3.86. The molecule has 0 heterocycles. The zero-order chi connectivity index (χ0) is 17.1. The zero-order valence-corrected chi connectivity index (χ0v) is 14.7. The molecular formula is C16H26N4O2S. The van der Waals surface area contributed by atoms with E-state index in [0.717, 1.165) is 25.0 Å². The van der Waals surface area contributed by atoms with Crippen molar-refractivity contribution in [2.75, 3.05) is 0 Å². The average molecular weight is 338 g/mol.